The summed E-state index contributed by atoms with van der Waals surface area (Å²) >= 11 is 0. The number of ether oxygens (including phenoxy) is 3. The highest BCUT2D eigenvalue weighted by Gasteiger charge is 2.67. The average molecular weight is 661 g/mol. The molecule has 4 rings (SSSR count). The summed E-state index contributed by atoms with van der Waals surface area (Å²) in [5.74, 6) is 0.255. The maximum absolute atomic E-state index is 13.9. The number of carbonyl (C=O) groups excluding carboxylic acids is 3. The molecule has 2 aliphatic heterocycles. The molecule has 0 unspecified atom stereocenters. The van der Waals surface area contributed by atoms with Crippen molar-refractivity contribution in [2.45, 2.75) is 165 Å². The van der Waals surface area contributed by atoms with Gasteiger partial charge in [-0.15, -0.1) is 0 Å². The maximum Gasteiger partial charge on any atom is 0.348 e. The molecule has 2 aliphatic carbocycles. The Morgan fingerprint density at radius 2 is 1.35 bits per heavy atom. The Labute approximate surface area is 280 Å². The van der Waals surface area contributed by atoms with Crippen LogP contribution in [-0.4, -0.2) is 49.4 Å². The number of ketones is 2. The van der Waals surface area contributed by atoms with Crippen molar-refractivity contribution >= 4 is 25.9 Å². The standard InChI is InChI=1S/C26H44O5Si.C12H20O2/c1-15(2)18-14-19(31-32(12,13)24(5,6)7)16(3)21(25(18,8)9)22(27)20-17(4)29-26(10,11)30-23(20)28;1-7(2)8-6-9-12(5,14-9)10(13)11(8,3)4/h15,18-19H,14H2,1-13H3;7-9H,6H2,1-5H3/t18-,19-;8-,9-,12-/m00/s1. The number of hydrogen-bond acceptors (Lipinski definition) is 7. The number of allylic oxidation sites excluding steroid dienone is 2. The fraction of sp³-hybridized carbons (Fsp3) is 0.816. The van der Waals surface area contributed by atoms with E-state index >= 15 is 0 Å². The Balaban J connectivity index is 0.000000339. The van der Waals surface area contributed by atoms with Crippen molar-refractivity contribution in [2.75, 3.05) is 0 Å². The lowest BCUT2D eigenvalue weighted by Crippen LogP contribution is -2.49. The third kappa shape index (κ3) is 7.00. The van der Waals surface area contributed by atoms with Crippen LogP contribution in [0.5, 0.6) is 0 Å². The predicted octanol–water partition coefficient (Wildman–Crippen LogP) is 8.96. The molecule has 4 aliphatic rings. The number of epoxide rings is 1. The minimum Gasteiger partial charge on any atom is -0.456 e. The van der Waals surface area contributed by atoms with E-state index in [1.807, 2.05) is 13.8 Å². The summed E-state index contributed by atoms with van der Waals surface area (Å²) in [5.41, 5.74) is 0.538. The second-order valence-electron chi connectivity index (χ2n) is 18.2. The molecule has 2 heterocycles. The lowest BCUT2D eigenvalue weighted by Gasteiger charge is -2.49. The molecule has 0 amide bonds. The zero-order valence-corrected chi connectivity index (χ0v) is 33.2. The molecule has 0 spiro atoms. The largest absolute Gasteiger partial charge is 0.456 e. The topological polar surface area (TPSA) is 91.4 Å². The van der Waals surface area contributed by atoms with Crippen molar-refractivity contribution in [3.63, 3.8) is 0 Å². The van der Waals surface area contributed by atoms with Gasteiger partial charge in [-0.05, 0) is 86.4 Å². The third-order valence-corrected chi connectivity index (χ3v) is 16.4. The van der Waals surface area contributed by atoms with Gasteiger partial charge in [-0.1, -0.05) is 76.2 Å². The van der Waals surface area contributed by atoms with Gasteiger partial charge in [0.05, 0.1) is 12.2 Å². The zero-order chi connectivity index (χ0) is 35.7. The first-order valence-electron chi connectivity index (χ1n) is 17.3. The maximum atomic E-state index is 13.9. The van der Waals surface area contributed by atoms with E-state index in [2.05, 4.69) is 89.3 Å². The summed E-state index contributed by atoms with van der Waals surface area (Å²) in [6, 6.07) is 0. The fourth-order valence-electron chi connectivity index (χ4n) is 8.21. The summed E-state index contributed by atoms with van der Waals surface area (Å²) < 4.78 is 23.6. The van der Waals surface area contributed by atoms with Crippen LogP contribution in [0.3, 0.4) is 0 Å². The second kappa shape index (κ2) is 12.3. The van der Waals surface area contributed by atoms with E-state index in [1.54, 1.807) is 20.8 Å². The molecule has 8 heteroatoms. The number of Topliss-reactive ketones (excluding diaryl/α,β-unsaturated/α-hetero) is 2. The van der Waals surface area contributed by atoms with Crippen LogP contribution in [0.15, 0.2) is 22.5 Å². The first kappa shape index (κ1) is 38.7. The number of esters is 1. The molecule has 262 valence electrons. The van der Waals surface area contributed by atoms with Crippen LogP contribution in [0, 0.1) is 34.5 Å². The molecule has 0 N–H and O–H groups in total. The summed E-state index contributed by atoms with van der Waals surface area (Å²) in [6.45, 7) is 37.3. The van der Waals surface area contributed by atoms with Gasteiger partial charge >= 0.3 is 5.97 Å². The van der Waals surface area contributed by atoms with Gasteiger partial charge in [-0.3, -0.25) is 9.59 Å². The number of cyclic esters (lactones) is 1. The van der Waals surface area contributed by atoms with Gasteiger partial charge in [0.25, 0.3) is 0 Å². The van der Waals surface area contributed by atoms with Gasteiger partial charge in [0.1, 0.15) is 11.3 Å². The molecule has 0 aromatic rings. The summed E-state index contributed by atoms with van der Waals surface area (Å²) in [7, 11) is -2.07. The lowest BCUT2D eigenvalue weighted by atomic mass is 9.59. The van der Waals surface area contributed by atoms with Crippen LogP contribution < -0.4 is 0 Å². The highest BCUT2D eigenvalue weighted by Crippen LogP contribution is 2.56. The van der Waals surface area contributed by atoms with E-state index in [-0.39, 0.29) is 39.9 Å². The quantitative estimate of drug-likeness (QED) is 0.122. The molecule has 46 heavy (non-hydrogen) atoms. The highest BCUT2D eigenvalue weighted by atomic mass is 28.4. The number of carbonyl (C=O) groups is 3. The molecule has 2 fully saturated rings. The Hall–Kier alpha value is -1.77. The van der Waals surface area contributed by atoms with Gasteiger partial charge < -0.3 is 18.6 Å². The summed E-state index contributed by atoms with van der Waals surface area (Å²) in [6.07, 6.45) is 1.97. The molecule has 1 saturated heterocycles. The van der Waals surface area contributed by atoms with Crippen LogP contribution >= 0.6 is 0 Å². The second-order valence-corrected chi connectivity index (χ2v) is 23.0. The molecule has 5 atom stereocenters. The lowest BCUT2D eigenvalue weighted by molar-refractivity contribution is -0.207. The van der Waals surface area contributed by atoms with Crippen LogP contribution in [-0.2, 0) is 33.0 Å². The monoisotopic (exact) mass is 660 g/mol. The molecular weight excluding hydrogens is 596 g/mol. The summed E-state index contributed by atoms with van der Waals surface area (Å²) in [5, 5.41) is 0.0590. The molecule has 0 radical (unpaired) electrons. The molecule has 0 bridgehead atoms. The van der Waals surface area contributed by atoms with Gasteiger partial charge in [-0.2, -0.15) is 0 Å². The minimum atomic E-state index is -2.07. The fourth-order valence-corrected chi connectivity index (χ4v) is 9.55. The van der Waals surface area contributed by atoms with Crippen LogP contribution in [0.4, 0.5) is 0 Å². The summed E-state index contributed by atoms with van der Waals surface area (Å²) in [4.78, 5) is 39.0. The van der Waals surface area contributed by atoms with E-state index < -0.39 is 31.1 Å². The number of rotatable bonds is 6. The average Bonchev–Trinajstić information content (AvgIpc) is 3.52. The minimum absolute atomic E-state index is 0.00207. The van der Waals surface area contributed by atoms with Crippen molar-refractivity contribution < 1.29 is 33.0 Å². The Bertz CT molecular complexity index is 1310. The Kier molecular flexibility index (Phi) is 10.3. The van der Waals surface area contributed by atoms with E-state index in [4.69, 9.17) is 18.6 Å². The van der Waals surface area contributed by atoms with E-state index in [0.29, 0.717) is 34.9 Å². The SMILES string of the molecule is CC(C)[C@@H]1C[C@@H]2O[C@]2(C)C(=O)C1(C)C.CC1=C(C(=O)C2=C(C)[C@@H](O[Si](C)(C)C(C)(C)C)C[C@@H](C(C)C)C2(C)C)C(=O)OC(C)(C)O1. The van der Waals surface area contributed by atoms with Crippen molar-refractivity contribution in [3.8, 4) is 0 Å². The van der Waals surface area contributed by atoms with Crippen LogP contribution in [0.25, 0.3) is 0 Å². The van der Waals surface area contributed by atoms with Crippen molar-refractivity contribution in [2.24, 2.45) is 34.5 Å². The van der Waals surface area contributed by atoms with Gasteiger partial charge in [-0.25, -0.2) is 4.79 Å². The molecular formula is C38H64O7Si. The molecule has 7 nitrogen and oxygen atoms in total. The van der Waals surface area contributed by atoms with E-state index in [0.717, 1.165) is 18.4 Å². The van der Waals surface area contributed by atoms with Gasteiger partial charge in [0, 0.05) is 24.8 Å². The number of hydrogen-bond donors (Lipinski definition) is 0. The van der Waals surface area contributed by atoms with Crippen molar-refractivity contribution in [1.29, 1.82) is 0 Å². The zero-order valence-electron chi connectivity index (χ0n) is 32.2. The third-order valence-electron chi connectivity index (χ3n) is 11.9. The molecule has 1 saturated carbocycles. The van der Waals surface area contributed by atoms with Crippen molar-refractivity contribution in [1.82, 2.24) is 0 Å². The van der Waals surface area contributed by atoms with Crippen LogP contribution in [0.2, 0.25) is 18.1 Å². The van der Waals surface area contributed by atoms with Gasteiger partial charge in [0.2, 0.25) is 5.79 Å². The first-order chi connectivity index (χ1) is 20.5. The normalized spacial score (nSPS) is 32.0. The smallest absolute Gasteiger partial charge is 0.348 e. The number of fused-ring (bicyclic) bond motifs is 1. The Morgan fingerprint density at radius 3 is 1.80 bits per heavy atom. The highest BCUT2D eigenvalue weighted by molar-refractivity contribution is 6.74. The Morgan fingerprint density at radius 1 is 0.848 bits per heavy atom. The van der Waals surface area contributed by atoms with Crippen LogP contribution in [0.1, 0.15) is 124 Å². The van der Waals surface area contributed by atoms with E-state index in [1.165, 1.54) is 0 Å². The van der Waals surface area contributed by atoms with Gasteiger partial charge in [0.15, 0.2) is 25.5 Å². The first-order valence-corrected chi connectivity index (χ1v) is 20.2. The van der Waals surface area contributed by atoms with E-state index in [9.17, 15) is 14.4 Å². The predicted molar refractivity (Wildman–Crippen MR) is 185 cm³/mol. The van der Waals surface area contributed by atoms with Crippen molar-refractivity contribution in [3.05, 3.63) is 22.5 Å². The molecule has 0 aromatic carbocycles. The molecule has 0 aromatic heterocycles.